The Bertz CT molecular complexity index is 1100. The number of aliphatic hydroxyl groups is 1. The fourth-order valence-electron chi connectivity index (χ4n) is 4.87. The molecule has 168 valence electrons. The van der Waals surface area contributed by atoms with Gasteiger partial charge in [0.2, 0.25) is 0 Å². The number of carbonyl (C=O) groups is 2. The SMILES string of the molecule is COc1c(Cl)cc(C)cc1/C(O)=C1\C(=O)C(=O)N(C2CCCCC2)C1c1cccc(O)c1. The molecule has 0 bridgehead atoms. The molecule has 1 aliphatic heterocycles. The van der Waals surface area contributed by atoms with E-state index in [0.717, 1.165) is 37.7 Å². The summed E-state index contributed by atoms with van der Waals surface area (Å²) < 4.78 is 5.40. The molecule has 1 unspecified atom stereocenters. The van der Waals surface area contributed by atoms with Gasteiger partial charge in [-0.2, -0.15) is 0 Å². The second-order valence-corrected chi connectivity index (χ2v) is 8.83. The summed E-state index contributed by atoms with van der Waals surface area (Å²) in [7, 11) is 1.43. The van der Waals surface area contributed by atoms with Crippen LogP contribution in [0.5, 0.6) is 11.5 Å². The molecule has 2 aromatic carbocycles. The maximum Gasteiger partial charge on any atom is 0.295 e. The molecule has 4 rings (SSSR count). The van der Waals surface area contributed by atoms with Gasteiger partial charge in [0, 0.05) is 6.04 Å². The minimum Gasteiger partial charge on any atom is -0.508 e. The molecular formula is C25H26ClNO5. The lowest BCUT2D eigenvalue weighted by Gasteiger charge is -2.35. The second kappa shape index (κ2) is 8.87. The number of phenolic OH excluding ortho intramolecular Hbond substituents is 1. The third kappa shape index (κ3) is 3.84. The van der Waals surface area contributed by atoms with Crippen LogP contribution in [0, 0.1) is 6.92 Å². The molecule has 1 aliphatic carbocycles. The van der Waals surface area contributed by atoms with E-state index in [2.05, 4.69) is 0 Å². The lowest BCUT2D eigenvalue weighted by Crippen LogP contribution is -2.40. The monoisotopic (exact) mass is 455 g/mol. The molecule has 0 aromatic heterocycles. The van der Waals surface area contributed by atoms with Crippen molar-refractivity contribution in [2.24, 2.45) is 0 Å². The van der Waals surface area contributed by atoms with Crippen LogP contribution in [0.4, 0.5) is 0 Å². The van der Waals surface area contributed by atoms with Crippen LogP contribution in [-0.4, -0.2) is 40.0 Å². The average Bonchev–Trinajstić information content (AvgIpc) is 3.04. The number of Topliss-reactive ketones (excluding diaryl/α,β-unsaturated/α-hetero) is 1. The first-order chi connectivity index (χ1) is 15.3. The van der Waals surface area contributed by atoms with Crippen molar-refractivity contribution >= 4 is 29.1 Å². The first-order valence-electron chi connectivity index (χ1n) is 10.8. The molecule has 1 atom stereocenters. The van der Waals surface area contributed by atoms with E-state index in [9.17, 15) is 19.8 Å². The lowest BCUT2D eigenvalue weighted by atomic mass is 9.90. The Morgan fingerprint density at radius 1 is 1.12 bits per heavy atom. The number of phenols is 1. The number of likely N-dealkylation sites (tertiary alicyclic amines) is 1. The number of nitrogens with zero attached hydrogens (tertiary/aromatic N) is 1. The Labute approximate surface area is 192 Å². The van der Waals surface area contributed by atoms with Gasteiger partial charge in [-0.1, -0.05) is 43.0 Å². The van der Waals surface area contributed by atoms with E-state index in [1.54, 1.807) is 29.2 Å². The highest BCUT2D eigenvalue weighted by Crippen LogP contribution is 2.45. The van der Waals surface area contributed by atoms with Crippen LogP contribution < -0.4 is 4.74 Å². The molecule has 1 saturated carbocycles. The fourth-order valence-corrected chi connectivity index (χ4v) is 5.22. The van der Waals surface area contributed by atoms with Crippen LogP contribution in [0.25, 0.3) is 5.76 Å². The molecule has 0 spiro atoms. The lowest BCUT2D eigenvalue weighted by molar-refractivity contribution is -0.141. The van der Waals surface area contributed by atoms with Gasteiger partial charge in [-0.05, 0) is 55.2 Å². The number of hydrogen-bond donors (Lipinski definition) is 2. The van der Waals surface area contributed by atoms with E-state index in [-0.39, 0.29) is 34.4 Å². The van der Waals surface area contributed by atoms with Crippen molar-refractivity contribution in [2.75, 3.05) is 7.11 Å². The zero-order chi connectivity index (χ0) is 23.0. The quantitative estimate of drug-likeness (QED) is 0.379. The number of carbonyl (C=O) groups excluding carboxylic acids is 2. The van der Waals surface area contributed by atoms with Gasteiger partial charge in [-0.3, -0.25) is 9.59 Å². The van der Waals surface area contributed by atoms with Gasteiger partial charge in [0.05, 0.1) is 29.3 Å². The molecule has 7 heteroatoms. The molecule has 32 heavy (non-hydrogen) atoms. The van der Waals surface area contributed by atoms with Gasteiger partial charge < -0.3 is 19.8 Å². The molecule has 1 saturated heterocycles. The van der Waals surface area contributed by atoms with E-state index >= 15 is 0 Å². The second-order valence-electron chi connectivity index (χ2n) is 8.42. The molecule has 2 N–H and O–H groups in total. The summed E-state index contributed by atoms with van der Waals surface area (Å²) in [5.41, 5.74) is 1.57. The van der Waals surface area contributed by atoms with Gasteiger partial charge >= 0.3 is 0 Å². The number of hydrogen-bond acceptors (Lipinski definition) is 5. The van der Waals surface area contributed by atoms with Crippen LogP contribution in [0.2, 0.25) is 5.02 Å². The maximum absolute atomic E-state index is 13.3. The molecule has 1 heterocycles. The molecule has 1 amide bonds. The van der Waals surface area contributed by atoms with E-state index in [1.165, 1.54) is 19.2 Å². The first-order valence-corrected chi connectivity index (χ1v) is 11.1. The predicted molar refractivity (Wildman–Crippen MR) is 122 cm³/mol. The zero-order valence-corrected chi connectivity index (χ0v) is 18.9. The highest BCUT2D eigenvalue weighted by molar-refractivity contribution is 6.46. The third-order valence-electron chi connectivity index (χ3n) is 6.28. The Morgan fingerprint density at radius 3 is 2.50 bits per heavy atom. The average molecular weight is 456 g/mol. The predicted octanol–water partition coefficient (Wildman–Crippen LogP) is 5.12. The summed E-state index contributed by atoms with van der Waals surface area (Å²) in [5, 5.41) is 21.8. The van der Waals surface area contributed by atoms with Crippen molar-refractivity contribution in [2.45, 2.75) is 51.1 Å². The summed E-state index contributed by atoms with van der Waals surface area (Å²) in [5.74, 6) is -1.47. The Morgan fingerprint density at radius 2 is 1.84 bits per heavy atom. The summed E-state index contributed by atoms with van der Waals surface area (Å²) in [6.07, 6.45) is 4.63. The minimum atomic E-state index is -0.811. The normalized spacial score (nSPS) is 21.2. The number of aryl methyl sites for hydroxylation is 1. The smallest absolute Gasteiger partial charge is 0.295 e. The van der Waals surface area contributed by atoms with Crippen molar-refractivity contribution < 1.29 is 24.5 Å². The van der Waals surface area contributed by atoms with E-state index in [4.69, 9.17) is 16.3 Å². The van der Waals surface area contributed by atoms with Crippen LogP contribution in [0.3, 0.4) is 0 Å². The molecule has 2 aromatic rings. The van der Waals surface area contributed by atoms with Gasteiger partial charge in [0.1, 0.15) is 17.3 Å². The van der Waals surface area contributed by atoms with Crippen LogP contribution >= 0.6 is 11.6 Å². The third-order valence-corrected chi connectivity index (χ3v) is 6.56. The summed E-state index contributed by atoms with van der Waals surface area (Å²) in [6, 6.07) is 8.92. The Balaban J connectivity index is 1.95. The number of rotatable bonds is 4. The number of methoxy groups -OCH3 is 1. The number of aromatic hydroxyl groups is 1. The van der Waals surface area contributed by atoms with Gasteiger partial charge in [-0.25, -0.2) is 0 Å². The van der Waals surface area contributed by atoms with Gasteiger partial charge in [0.25, 0.3) is 11.7 Å². The highest BCUT2D eigenvalue weighted by Gasteiger charge is 2.49. The van der Waals surface area contributed by atoms with Crippen molar-refractivity contribution in [1.29, 1.82) is 0 Å². The van der Waals surface area contributed by atoms with Crippen LogP contribution in [0.15, 0.2) is 42.0 Å². The molecular weight excluding hydrogens is 430 g/mol. The van der Waals surface area contributed by atoms with Gasteiger partial charge in [-0.15, -0.1) is 0 Å². The maximum atomic E-state index is 13.3. The Kier molecular flexibility index (Phi) is 6.15. The van der Waals surface area contributed by atoms with E-state index in [0.29, 0.717) is 10.6 Å². The molecule has 2 aliphatic rings. The molecule has 0 radical (unpaired) electrons. The van der Waals surface area contributed by atoms with Crippen molar-refractivity contribution in [3.8, 4) is 11.5 Å². The van der Waals surface area contributed by atoms with Crippen molar-refractivity contribution in [1.82, 2.24) is 4.90 Å². The summed E-state index contributed by atoms with van der Waals surface area (Å²) in [6.45, 7) is 1.81. The largest absolute Gasteiger partial charge is 0.508 e. The van der Waals surface area contributed by atoms with Crippen LogP contribution in [-0.2, 0) is 9.59 Å². The summed E-state index contributed by atoms with van der Waals surface area (Å²) >= 11 is 6.32. The number of ketones is 1. The molecule has 2 fully saturated rings. The van der Waals surface area contributed by atoms with Crippen molar-refractivity contribution in [3.63, 3.8) is 0 Å². The van der Waals surface area contributed by atoms with Crippen molar-refractivity contribution in [3.05, 3.63) is 63.7 Å². The standard InChI is InChI=1S/C25H26ClNO5/c1-14-11-18(24(32-2)19(26)12-14)22(29)20-21(15-7-6-10-17(28)13-15)27(25(31)23(20)30)16-8-4-3-5-9-16/h6-7,10-13,16,21,28-29H,3-5,8-9H2,1-2H3/b22-20+. The summed E-state index contributed by atoms with van der Waals surface area (Å²) in [4.78, 5) is 28.1. The topological polar surface area (TPSA) is 87.1 Å². The Hall–Kier alpha value is -2.99. The highest BCUT2D eigenvalue weighted by atomic mass is 35.5. The van der Waals surface area contributed by atoms with Crippen LogP contribution in [0.1, 0.15) is 54.8 Å². The number of ether oxygens (including phenoxy) is 1. The number of aliphatic hydroxyl groups excluding tert-OH is 1. The number of halogens is 1. The first kappa shape index (κ1) is 22.2. The van der Waals surface area contributed by atoms with Gasteiger partial charge in [0.15, 0.2) is 0 Å². The minimum absolute atomic E-state index is 0.0212. The number of benzene rings is 2. The molecule has 6 nitrogen and oxygen atoms in total. The van der Waals surface area contributed by atoms with E-state index < -0.39 is 17.7 Å². The fraction of sp³-hybridized carbons (Fsp3) is 0.360. The van der Waals surface area contributed by atoms with E-state index in [1.807, 2.05) is 6.92 Å². The number of amides is 1. The zero-order valence-electron chi connectivity index (χ0n) is 18.1.